The van der Waals surface area contributed by atoms with Gasteiger partial charge in [-0.25, -0.2) is 9.59 Å². The van der Waals surface area contributed by atoms with Crippen LogP contribution in [0.1, 0.15) is 23.7 Å². The molecule has 3 heterocycles. The summed E-state index contributed by atoms with van der Waals surface area (Å²) in [5.41, 5.74) is 1.57. The number of β-lactam (4-membered cyclic amide) rings is 1. The van der Waals surface area contributed by atoms with Gasteiger partial charge in [-0.1, -0.05) is 60.7 Å². The summed E-state index contributed by atoms with van der Waals surface area (Å²) >= 11 is 0. The molecule has 2 unspecified atom stereocenters. The number of carbonyl (C=O) groups excluding carboxylic acids is 4. The molecule has 2 fully saturated rings. The molecular formula is C26H25N3O7S. The molecule has 3 amide bonds. The average molecular weight is 524 g/mol. The minimum absolute atomic E-state index is 0.105. The lowest BCUT2D eigenvalue weighted by molar-refractivity contribution is -0.154. The lowest BCUT2D eigenvalue weighted by Gasteiger charge is -2.49. The summed E-state index contributed by atoms with van der Waals surface area (Å²) in [6.45, 7) is 0.857. The fourth-order valence-electron chi connectivity index (χ4n) is 4.53. The van der Waals surface area contributed by atoms with Crippen molar-refractivity contribution in [3.05, 3.63) is 83.1 Å². The van der Waals surface area contributed by atoms with Crippen LogP contribution in [0.25, 0.3) is 0 Å². The fraction of sp³-hybridized carbons (Fsp3) is 0.308. The Hall–Kier alpha value is -3.99. The molecule has 0 saturated carbocycles. The van der Waals surface area contributed by atoms with Gasteiger partial charge in [-0.05, 0) is 17.5 Å². The molecule has 10 nitrogen and oxygen atoms in total. The molecule has 5 rings (SSSR count). The molecule has 192 valence electrons. The number of ether oxygens (including phenoxy) is 2. The summed E-state index contributed by atoms with van der Waals surface area (Å²) in [6.07, 6.45) is -0.0709. The zero-order chi connectivity index (χ0) is 25.9. The van der Waals surface area contributed by atoms with E-state index >= 15 is 0 Å². The Morgan fingerprint density at radius 1 is 1.05 bits per heavy atom. The second kappa shape index (κ2) is 10.6. The Balaban J connectivity index is 1.47. The molecule has 3 aliphatic rings. The van der Waals surface area contributed by atoms with E-state index in [0.29, 0.717) is 19.5 Å². The van der Waals surface area contributed by atoms with Gasteiger partial charge in [0.25, 0.3) is 5.91 Å². The summed E-state index contributed by atoms with van der Waals surface area (Å²) in [4.78, 5) is 52.5. The number of fused-ring (bicyclic) bond motifs is 1. The third kappa shape index (κ3) is 4.74. The number of likely N-dealkylation sites (tertiary alicyclic amines) is 1. The predicted molar refractivity (Wildman–Crippen MR) is 132 cm³/mol. The summed E-state index contributed by atoms with van der Waals surface area (Å²) in [5.74, 6) is -1.50. The zero-order valence-corrected chi connectivity index (χ0v) is 20.6. The van der Waals surface area contributed by atoms with E-state index in [2.05, 4.69) is 5.32 Å². The Morgan fingerprint density at radius 3 is 2.22 bits per heavy atom. The van der Waals surface area contributed by atoms with Gasteiger partial charge in [0.15, 0.2) is 6.10 Å². The molecule has 0 aromatic heterocycles. The Morgan fingerprint density at radius 2 is 1.68 bits per heavy atom. The van der Waals surface area contributed by atoms with Gasteiger partial charge < -0.3 is 19.7 Å². The molecule has 3 aliphatic heterocycles. The van der Waals surface area contributed by atoms with Crippen molar-refractivity contribution in [1.82, 2.24) is 15.1 Å². The molecule has 1 N–H and O–H groups in total. The second-order valence-corrected chi connectivity index (χ2v) is 10.4. The van der Waals surface area contributed by atoms with Crippen LogP contribution in [0.15, 0.2) is 71.9 Å². The molecule has 37 heavy (non-hydrogen) atoms. The normalized spacial score (nSPS) is 22.5. The molecule has 0 aliphatic carbocycles. The van der Waals surface area contributed by atoms with Crippen molar-refractivity contribution >= 4 is 35.2 Å². The van der Waals surface area contributed by atoms with Crippen LogP contribution >= 0.6 is 0 Å². The maximum Gasteiger partial charge on any atom is 0.410 e. The maximum atomic E-state index is 13.7. The van der Waals surface area contributed by atoms with Crippen molar-refractivity contribution in [3.63, 3.8) is 0 Å². The molecule has 11 heteroatoms. The third-order valence-corrected chi connectivity index (χ3v) is 8.21. The smallest absolute Gasteiger partial charge is 0.410 e. The molecule has 0 radical (unpaired) electrons. The minimum atomic E-state index is -1.63. The standard InChI is InChI=1S/C26H25N3O7S/c30-16-27-20-23(31)29-21(19(15-37(34)24(20)29)14-35-26(33)28-12-7-13-28)25(32)36-22(17-8-3-1-4-9-17)18-10-5-2-6-11-18/h1-6,8-11,16,20,22,24H,7,12-15H2,(H,27,30)/t20?,24-,37?/m1/s1. The van der Waals surface area contributed by atoms with Gasteiger partial charge in [0.2, 0.25) is 6.41 Å². The molecule has 3 atom stereocenters. The molecule has 2 aromatic rings. The van der Waals surface area contributed by atoms with Gasteiger partial charge in [-0.15, -0.1) is 0 Å². The van der Waals surface area contributed by atoms with Gasteiger partial charge in [0.1, 0.15) is 23.7 Å². The van der Waals surface area contributed by atoms with Crippen LogP contribution < -0.4 is 5.32 Å². The number of hydrogen-bond donors (Lipinski definition) is 1. The minimum Gasteiger partial charge on any atom is -0.448 e. The van der Waals surface area contributed by atoms with Gasteiger partial charge >= 0.3 is 12.1 Å². The van der Waals surface area contributed by atoms with Gasteiger partial charge in [0.05, 0.1) is 16.6 Å². The summed E-state index contributed by atoms with van der Waals surface area (Å²) in [7, 11) is -1.63. The zero-order valence-electron chi connectivity index (χ0n) is 19.8. The van der Waals surface area contributed by atoms with E-state index in [0.717, 1.165) is 22.4 Å². The van der Waals surface area contributed by atoms with Crippen LogP contribution in [-0.2, 0) is 34.7 Å². The topological polar surface area (TPSA) is 122 Å². The monoisotopic (exact) mass is 523 g/mol. The SMILES string of the molecule is O=CNC1C(=O)N2C(C(=O)OC(c3ccccc3)c3ccccc3)=C(COC(=O)N3CCC3)CS(=O)[C@H]12. The molecule has 2 aromatic carbocycles. The number of carbonyl (C=O) groups is 4. The van der Waals surface area contributed by atoms with Crippen molar-refractivity contribution in [2.24, 2.45) is 0 Å². The number of esters is 1. The number of benzene rings is 2. The van der Waals surface area contributed by atoms with Crippen molar-refractivity contribution in [1.29, 1.82) is 0 Å². The Bertz CT molecular complexity index is 1220. The number of nitrogens with one attached hydrogen (secondary N) is 1. The van der Waals surface area contributed by atoms with E-state index < -0.39 is 46.3 Å². The van der Waals surface area contributed by atoms with Crippen molar-refractivity contribution < 1.29 is 32.9 Å². The van der Waals surface area contributed by atoms with E-state index in [4.69, 9.17) is 9.47 Å². The van der Waals surface area contributed by atoms with Crippen LogP contribution in [0.4, 0.5) is 4.79 Å². The highest BCUT2D eigenvalue weighted by Crippen LogP contribution is 2.37. The summed E-state index contributed by atoms with van der Waals surface area (Å²) < 4.78 is 24.4. The highest BCUT2D eigenvalue weighted by Gasteiger charge is 2.57. The van der Waals surface area contributed by atoms with E-state index in [1.54, 1.807) is 0 Å². The van der Waals surface area contributed by atoms with Crippen LogP contribution in [0.2, 0.25) is 0 Å². The lowest BCUT2D eigenvalue weighted by atomic mass is 10.0. The van der Waals surface area contributed by atoms with Crippen LogP contribution in [0.3, 0.4) is 0 Å². The van der Waals surface area contributed by atoms with Gasteiger partial charge in [0, 0.05) is 18.7 Å². The van der Waals surface area contributed by atoms with Crippen LogP contribution in [0, 0.1) is 0 Å². The second-order valence-electron chi connectivity index (χ2n) is 8.84. The van der Waals surface area contributed by atoms with Crippen molar-refractivity contribution in [2.75, 3.05) is 25.4 Å². The van der Waals surface area contributed by atoms with Crippen molar-refractivity contribution in [2.45, 2.75) is 23.9 Å². The summed E-state index contributed by atoms with van der Waals surface area (Å²) in [6, 6.07) is 17.3. The van der Waals surface area contributed by atoms with E-state index in [9.17, 15) is 23.4 Å². The Kier molecular flexibility index (Phi) is 7.04. The summed E-state index contributed by atoms with van der Waals surface area (Å²) in [5, 5.41) is 1.46. The molecule has 0 spiro atoms. The highest BCUT2D eigenvalue weighted by atomic mass is 32.2. The van der Waals surface area contributed by atoms with E-state index in [1.807, 2.05) is 60.7 Å². The quantitative estimate of drug-likeness (QED) is 0.316. The third-order valence-electron chi connectivity index (χ3n) is 6.56. The molecule has 0 bridgehead atoms. The first-order valence-electron chi connectivity index (χ1n) is 11.8. The molecular weight excluding hydrogens is 498 g/mol. The number of hydrogen-bond acceptors (Lipinski definition) is 7. The highest BCUT2D eigenvalue weighted by molar-refractivity contribution is 7.86. The Labute approximate surface area is 215 Å². The van der Waals surface area contributed by atoms with E-state index in [-0.39, 0.29) is 23.6 Å². The molecule has 2 saturated heterocycles. The maximum absolute atomic E-state index is 13.7. The fourth-order valence-corrected chi connectivity index (χ4v) is 6.21. The lowest BCUT2D eigenvalue weighted by Crippen LogP contribution is -2.73. The number of rotatable bonds is 8. The number of amides is 3. The largest absolute Gasteiger partial charge is 0.448 e. The van der Waals surface area contributed by atoms with E-state index in [1.165, 1.54) is 4.90 Å². The van der Waals surface area contributed by atoms with Crippen LogP contribution in [0.5, 0.6) is 0 Å². The van der Waals surface area contributed by atoms with Gasteiger partial charge in [-0.3, -0.25) is 18.7 Å². The first-order valence-corrected chi connectivity index (χ1v) is 13.2. The first-order chi connectivity index (χ1) is 18.0. The van der Waals surface area contributed by atoms with Gasteiger partial charge in [-0.2, -0.15) is 0 Å². The van der Waals surface area contributed by atoms with Crippen LogP contribution in [-0.4, -0.2) is 75.3 Å². The first kappa shape index (κ1) is 24.7. The predicted octanol–water partition coefficient (Wildman–Crippen LogP) is 1.46. The van der Waals surface area contributed by atoms with Crippen molar-refractivity contribution in [3.8, 4) is 0 Å². The average Bonchev–Trinajstić information content (AvgIpc) is 2.88. The number of nitrogens with zero attached hydrogens (tertiary/aromatic N) is 2.